The Morgan fingerprint density at radius 2 is 1.89 bits per heavy atom. The van der Waals surface area contributed by atoms with E-state index in [4.69, 9.17) is 0 Å². The van der Waals surface area contributed by atoms with E-state index in [1.54, 1.807) is 0 Å². The molecule has 0 spiro atoms. The van der Waals surface area contributed by atoms with E-state index in [1.165, 1.54) is 17.5 Å². The highest BCUT2D eigenvalue weighted by Crippen LogP contribution is 2.26. The number of rotatable bonds is 2. The standard InChI is InChI=1S/C17H15BrO/c1-11-15(6-3-7-16(11)18)17(19)14-9-8-12-4-2-5-13(12)10-14/h3,6-10H,2,4-5H2,1H3. The fourth-order valence-electron chi connectivity index (χ4n) is 2.72. The Hall–Kier alpha value is -1.41. The lowest BCUT2D eigenvalue weighted by atomic mass is 9.97. The second kappa shape index (κ2) is 4.93. The normalized spacial score (nSPS) is 13.4. The number of aryl methyl sites for hydroxylation is 2. The van der Waals surface area contributed by atoms with Gasteiger partial charge >= 0.3 is 0 Å². The first-order valence-corrected chi connectivity index (χ1v) is 7.38. The molecule has 1 aliphatic carbocycles. The van der Waals surface area contributed by atoms with Gasteiger partial charge in [0.15, 0.2) is 5.78 Å². The Balaban J connectivity index is 2.02. The van der Waals surface area contributed by atoms with Crippen molar-refractivity contribution in [3.63, 3.8) is 0 Å². The lowest BCUT2D eigenvalue weighted by molar-refractivity contribution is 0.103. The second-order valence-corrected chi connectivity index (χ2v) is 5.93. The molecule has 0 radical (unpaired) electrons. The van der Waals surface area contributed by atoms with Crippen LogP contribution in [0.3, 0.4) is 0 Å². The second-order valence-electron chi connectivity index (χ2n) is 5.08. The third-order valence-corrected chi connectivity index (χ3v) is 4.73. The molecule has 1 aliphatic rings. The molecular weight excluding hydrogens is 300 g/mol. The summed E-state index contributed by atoms with van der Waals surface area (Å²) in [5, 5.41) is 0. The zero-order valence-electron chi connectivity index (χ0n) is 10.9. The van der Waals surface area contributed by atoms with Crippen LogP contribution >= 0.6 is 15.9 Å². The summed E-state index contributed by atoms with van der Waals surface area (Å²) in [6.07, 6.45) is 3.47. The number of benzene rings is 2. The summed E-state index contributed by atoms with van der Waals surface area (Å²) >= 11 is 3.48. The molecule has 0 aliphatic heterocycles. The Morgan fingerprint density at radius 3 is 2.74 bits per heavy atom. The molecule has 0 amide bonds. The maximum atomic E-state index is 12.6. The van der Waals surface area contributed by atoms with Crippen LogP contribution in [0.4, 0.5) is 0 Å². The summed E-state index contributed by atoms with van der Waals surface area (Å²) in [6.45, 7) is 1.98. The van der Waals surface area contributed by atoms with Crippen molar-refractivity contribution in [2.75, 3.05) is 0 Å². The highest BCUT2D eigenvalue weighted by atomic mass is 79.9. The summed E-state index contributed by atoms with van der Waals surface area (Å²) in [6, 6.07) is 11.9. The van der Waals surface area contributed by atoms with Crippen molar-refractivity contribution in [1.29, 1.82) is 0 Å². The van der Waals surface area contributed by atoms with E-state index in [-0.39, 0.29) is 5.78 Å². The molecule has 0 bridgehead atoms. The van der Waals surface area contributed by atoms with Gasteiger partial charge in [0.1, 0.15) is 0 Å². The number of fused-ring (bicyclic) bond motifs is 1. The SMILES string of the molecule is Cc1c(Br)cccc1C(=O)c1ccc2c(c1)CCC2. The molecule has 0 aromatic heterocycles. The first-order valence-electron chi connectivity index (χ1n) is 6.58. The van der Waals surface area contributed by atoms with Crippen LogP contribution in [0.15, 0.2) is 40.9 Å². The van der Waals surface area contributed by atoms with Crippen LogP contribution in [-0.2, 0) is 12.8 Å². The van der Waals surface area contributed by atoms with E-state index in [9.17, 15) is 4.79 Å². The lowest BCUT2D eigenvalue weighted by Gasteiger charge is -2.08. The van der Waals surface area contributed by atoms with Crippen molar-refractivity contribution in [1.82, 2.24) is 0 Å². The smallest absolute Gasteiger partial charge is 0.193 e. The van der Waals surface area contributed by atoms with Gasteiger partial charge in [-0.05, 0) is 55.0 Å². The van der Waals surface area contributed by atoms with Crippen LogP contribution in [0.5, 0.6) is 0 Å². The fourth-order valence-corrected chi connectivity index (χ4v) is 3.09. The summed E-state index contributed by atoms with van der Waals surface area (Å²) in [5.74, 6) is 0.119. The number of ketones is 1. The molecular formula is C17H15BrO. The van der Waals surface area contributed by atoms with Crippen LogP contribution in [0, 0.1) is 6.92 Å². The molecule has 0 unspecified atom stereocenters. The quantitative estimate of drug-likeness (QED) is 0.747. The predicted octanol–water partition coefficient (Wildman–Crippen LogP) is 4.48. The zero-order valence-corrected chi connectivity index (χ0v) is 12.5. The van der Waals surface area contributed by atoms with Gasteiger partial charge in [-0.2, -0.15) is 0 Å². The van der Waals surface area contributed by atoms with Gasteiger partial charge < -0.3 is 0 Å². The average molecular weight is 315 g/mol. The lowest BCUT2D eigenvalue weighted by Crippen LogP contribution is -2.04. The number of halogens is 1. The minimum atomic E-state index is 0.119. The van der Waals surface area contributed by atoms with Crippen LogP contribution in [0.25, 0.3) is 0 Å². The van der Waals surface area contributed by atoms with Gasteiger partial charge in [0.05, 0.1) is 0 Å². The summed E-state index contributed by atoms with van der Waals surface area (Å²) in [4.78, 5) is 12.6. The number of carbonyl (C=O) groups is 1. The Kier molecular flexibility index (Phi) is 3.28. The highest BCUT2D eigenvalue weighted by molar-refractivity contribution is 9.10. The number of hydrogen-bond donors (Lipinski definition) is 0. The molecule has 0 atom stereocenters. The maximum absolute atomic E-state index is 12.6. The van der Waals surface area contributed by atoms with E-state index in [0.29, 0.717) is 0 Å². The zero-order chi connectivity index (χ0) is 13.4. The van der Waals surface area contributed by atoms with Gasteiger partial charge in [-0.1, -0.05) is 40.2 Å². The molecule has 2 aromatic rings. The molecule has 0 N–H and O–H groups in total. The molecule has 0 saturated carbocycles. The summed E-state index contributed by atoms with van der Waals surface area (Å²) in [7, 11) is 0. The molecule has 2 heteroatoms. The van der Waals surface area contributed by atoms with E-state index in [0.717, 1.165) is 34.0 Å². The average Bonchev–Trinajstić information content (AvgIpc) is 2.88. The fraction of sp³-hybridized carbons (Fsp3) is 0.235. The molecule has 0 heterocycles. The minimum Gasteiger partial charge on any atom is -0.289 e. The van der Waals surface area contributed by atoms with Crippen molar-refractivity contribution >= 4 is 21.7 Å². The van der Waals surface area contributed by atoms with Crippen molar-refractivity contribution in [2.24, 2.45) is 0 Å². The largest absolute Gasteiger partial charge is 0.289 e. The van der Waals surface area contributed by atoms with Crippen LogP contribution < -0.4 is 0 Å². The Labute approximate surface area is 121 Å². The molecule has 96 valence electrons. The summed E-state index contributed by atoms with van der Waals surface area (Å²) < 4.78 is 0.986. The van der Waals surface area contributed by atoms with Crippen LogP contribution in [-0.4, -0.2) is 5.78 Å². The monoisotopic (exact) mass is 314 g/mol. The molecule has 3 rings (SSSR count). The Bertz CT molecular complexity index is 658. The third kappa shape index (κ3) is 2.25. The van der Waals surface area contributed by atoms with Crippen molar-refractivity contribution in [3.8, 4) is 0 Å². The number of carbonyl (C=O) groups excluding carboxylic acids is 1. The first kappa shape index (κ1) is 12.6. The van der Waals surface area contributed by atoms with Crippen LogP contribution in [0.2, 0.25) is 0 Å². The highest BCUT2D eigenvalue weighted by Gasteiger charge is 2.16. The molecule has 19 heavy (non-hydrogen) atoms. The predicted molar refractivity (Wildman–Crippen MR) is 80.8 cm³/mol. The van der Waals surface area contributed by atoms with Gasteiger partial charge in [-0.3, -0.25) is 4.79 Å². The molecule has 0 saturated heterocycles. The minimum absolute atomic E-state index is 0.119. The van der Waals surface area contributed by atoms with Gasteiger partial charge in [-0.15, -0.1) is 0 Å². The topological polar surface area (TPSA) is 17.1 Å². The number of hydrogen-bond acceptors (Lipinski definition) is 1. The Morgan fingerprint density at radius 1 is 1.11 bits per heavy atom. The van der Waals surface area contributed by atoms with Gasteiger partial charge in [0, 0.05) is 15.6 Å². The summed E-state index contributed by atoms with van der Waals surface area (Å²) in [5.41, 5.74) is 5.35. The third-order valence-electron chi connectivity index (χ3n) is 3.87. The van der Waals surface area contributed by atoms with Crippen molar-refractivity contribution in [2.45, 2.75) is 26.2 Å². The maximum Gasteiger partial charge on any atom is 0.193 e. The van der Waals surface area contributed by atoms with E-state index in [2.05, 4.69) is 28.1 Å². The van der Waals surface area contributed by atoms with E-state index < -0.39 is 0 Å². The van der Waals surface area contributed by atoms with E-state index >= 15 is 0 Å². The molecule has 2 aromatic carbocycles. The van der Waals surface area contributed by atoms with Gasteiger partial charge in [-0.25, -0.2) is 0 Å². The van der Waals surface area contributed by atoms with Gasteiger partial charge in [0.25, 0.3) is 0 Å². The molecule has 1 nitrogen and oxygen atoms in total. The first-order chi connectivity index (χ1) is 9.16. The molecule has 0 fully saturated rings. The van der Waals surface area contributed by atoms with Crippen molar-refractivity contribution in [3.05, 3.63) is 68.7 Å². The van der Waals surface area contributed by atoms with Gasteiger partial charge in [0.2, 0.25) is 0 Å². The van der Waals surface area contributed by atoms with Crippen molar-refractivity contribution < 1.29 is 4.79 Å². The van der Waals surface area contributed by atoms with E-state index in [1.807, 2.05) is 31.2 Å². The van der Waals surface area contributed by atoms with Crippen LogP contribution in [0.1, 0.15) is 39.0 Å².